The number of hydrogen-bond acceptors (Lipinski definition) is 3. The van der Waals surface area contributed by atoms with Gasteiger partial charge in [0.15, 0.2) is 0 Å². The van der Waals surface area contributed by atoms with Gasteiger partial charge in [-0.3, -0.25) is 4.79 Å². The lowest BCUT2D eigenvalue weighted by Gasteiger charge is -2.22. The van der Waals surface area contributed by atoms with E-state index in [4.69, 9.17) is 0 Å². The molecule has 0 aliphatic rings. The zero-order valence-electron chi connectivity index (χ0n) is 15.8. The molecule has 27 heavy (non-hydrogen) atoms. The number of rotatable bonds is 9. The summed E-state index contributed by atoms with van der Waals surface area (Å²) >= 11 is 0. The second kappa shape index (κ2) is 10.0. The standard InChI is InChI=1S/C21H26N2O3S/c1-3-14-23(17-20-7-5-4-6-8-20)21(24)16-22-27(25,26)15-13-19-11-9-18(2)10-12-19/h4-13,15,22H,3,14,16-17H2,1-2H3/b15-13+. The molecule has 0 atom stereocenters. The van der Waals surface area contributed by atoms with Gasteiger partial charge in [-0.15, -0.1) is 0 Å². The van der Waals surface area contributed by atoms with Crippen LogP contribution in [0.1, 0.15) is 30.0 Å². The largest absolute Gasteiger partial charge is 0.337 e. The minimum absolute atomic E-state index is 0.243. The van der Waals surface area contributed by atoms with E-state index in [9.17, 15) is 13.2 Å². The summed E-state index contributed by atoms with van der Waals surface area (Å²) in [6.45, 7) is 4.74. The van der Waals surface area contributed by atoms with Crippen molar-refractivity contribution in [2.45, 2.75) is 26.8 Å². The van der Waals surface area contributed by atoms with Gasteiger partial charge in [-0.25, -0.2) is 13.1 Å². The molecule has 1 N–H and O–H groups in total. The summed E-state index contributed by atoms with van der Waals surface area (Å²) in [7, 11) is -3.68. The minimum atomic E-state index is -3.68. The molecule has 0 heterocycles. The number of sulfonamides is 1. The lowest BCUT2D eigenvalue weighted by molar-refractivity contribution is -0.130. The first-order chi connectivity index (χ1) is 12.9. The summed E-state index contributed by atoms with van der Waals surface area (Å²) in [5, 5.41) is 1.09. The Morgan fingerprint density at radius 2 is 1.74 bits per heavy atom. The number of benzene rings is 2. The van der Waals surface area contributed by atoms with Crippen LogP contribution >= 0.6 is 0 Å². The molecule has 0 radical (unpaired) electrons. The second-order valence-corrected chi connectivity index (χ2v) is 8.03. The van der Waals surface area contributed by atoms with Gasteiger partial charge >= 0.3 is 0 Å². The van der Waals surface area contributed by atoms with Crippen molar-refractivity contribution >= 4 is 22.0 Å². The van der Waals surface area contributed by atoms with Crippen molar-refractivity contribution < 1.29 is 13.2 Å². The molecule has 144 valence electrons. The Kier molecular flexibility index (Phi) is 7.76. The molecule has 0 aliphatic heterocycles. The number of hydrogen-bond donors (Lipinski definition) is 1. The molecule has 0 spiro atoms. The van der Waals surface area contributed by atoms with Gasteiger partial charge in [0.25, 0.3) is 0 Å². The van der Waals surface area contributed by atoms with Gasteiger partial charge < -0.3 is 4.90 Å². The maximum absolute atomic E-state index is 12.5. The number of carbonyl (C=O) groups excluding carboxylic acids is 1. The van der Waals surface area contributed by atoms with Crippen molar-refractivity contribution in [2.24, 2.45) is 0 Å². The highest BCUT2D eigenvalue weighted by Crippen LogP contribution is 2.07. The first-order valence-electron chi connectivity index (χ1n) is 8.96. The first kappa shape index (κ1) is 20.9. The van der Waals surface area contributed by atoms with E-state index in [1.54, 1.807) is 4.90 Å². The van der Waals surface area contributed by atoms with E-state index in [1.807, 2.05) is 68.4 Å². The molecule has 0 aliphatic carbocycles. The normalized spacial score (nSPS) is 11.6. The zero-order chi connectivity index (χ0) is 19.7. The third-order valence-electron chi connectivity index (χ3n) is 4.00. The fourth-order valence-corrected chi connectivity index (χ4v) is 3.29. The Morgan fingerprint density at radius 1 is 1.07 bits per heavy atom. The van der Waals surface area contributed by atoms with E-state index in [1.165, 1.54) is 6.08 Å². The molecule has 0 unspecified atom stereocenters. The third kappa shape index (κ3) is 7.37. The maximum Gasteiger partial charge on any atom is 0.237 e. The van der Waals surface area contributed by atoms with Crippen LogP contribution in [0.15, 0.2) is 60.0 Å². The summed E-state index contributed by atoms with van der Waals surface area (Å²) in [4.78, 5) is 14.1. The quantitative estimate of drug-likeness (QED) is 0.719. The van der Waals surface area contributed by atoms with E-state index >= 15 is 0 Å². The van der Waals surface area contributed by atoms with Crippen molar-refractivity contribution in [1.29, 1.82) is 0 Å². The second-order valence-electron chi connectivity index (χ2n) is 6.38. The van der Waals surface area contributed by atoms with Crippen LogP contribution in [0.5, 0.6) is 0 Å². The van der Waals surface area contributed by atoms with Gasteiger partial charge in [-0.2, -0.15) is 0 Å². The first-order valence-corrected chi connectivity index (χ1v) is 10.5. The molecular formula is C21H26N2O3S. The van der Waals surface area contributed by atoms with Crippen LogP contribution in [0, 0.1) is 6.92 Å². The molecule has 0 saturated carbocycles. The van der Waals surface area contributed by atoms with Crippen molar-refractivity contribution in [3.05, 3.63) is 76.7 Å². The summed E-state index contributed by atoms with van der Waals surface area (Å²) in [6.07, 6.45) is 2.32. The molecule has 2 aromatic carbocycles. The van der Waals surface area contributed by atoms with Gasteiger partial charge in [-0.1, -0.05) is 67.1 Å². The average Bonchev–Trinajstić information content (AvgIpc) is 2.66. The maximum atomic E-state index is 12.5. The van der Waals surface area contributed by atoms with Gasteiger partial charge in [-0.05, 0) is 30.5 Å². The predicted molar refractivity (Wildman–Crippen MR) is 109 cm³/mol. The van der Waals surface area contributed by atoms with Crippen LogP contribution in [0.25, 0.3) is 6.08 Å². The van der Waals surface area contributed by atoms with E-state index in [-0.39, 0.29) is 12.5 Å². The van der Waals surface area contributed by atoms with Crippen molar-refractivity contribution in [3.63, 3.8) is 0 Å². The van der Waals surface area contributed by atoms with Crippen molar-refractivity contribution in [1.82, 2.24) is 9.62 Å². The van der Waals surface area contributed by atoms with Crippen LogP contribution in [-0.2, 0) is 21.4 Å². The van der Waals surface area contributed by atoms with E-state index in [2.05, 4.69) is 4.72 Å². The predicted octanol–water partition coefficient (Wildman–Crippen LogP) is 3.32. The van der Waals surface area contributed by atoms with Crippen LogP contribution in [0.4, 0.5) is 0 Å². The summed E-state index contributed by atoms with van der Waals surface area (Å²) in [5.74, 6) is -0.243. The molecule has 6 heteroatoms. The number of nitrogens with zero attached hydrogens (tertiary/aromatic N) is 1. The average molecular weight is 387 g/mol. The minimum Gasteiger partial charge on any atom is -0.337 e. The molecular weight excluding hydrogens is 360 g/mol. The van der Waals surface area contributed by atoms with Crippen molar-refractivity contribution in [2.75, 3.05) is 13.1 Å². The van der Waals surface area contributed by atoms with Gasteiger partial charge in [0.2, 0.25) is 15.9 Å². The monoisotopic (exact) mass is 386 g/mol. The Morgan fingerprint density at radius 3 is 2.37 bits per heavy atom. The number of carbonyl (C=O) groups is 1. The Labute approximate surface area is 161 Å². The van der Waals surface area contributed by atoms with E-state index in [0.717, 1.165) is 28.5 Å². The molecule has 0 bridgehead atoms. The molecule has 5 nitrogen and oxygen atoms in total. The fourth-order valence-electron chi connectivity index (χ4n) is 2.53. The Hall–Kier alpha value is -2.44. The van der Waals surface area contributed by atoms with Gasteiger partial charge in [0, 0.05) is 18.5 Å². The van der Waals surface area contributed by atoms with Crippen LogP contribution < -0.4 is 4.72 Å². The zero-order valence-corrected chi connectivity index (χ0v) is 16.6. The van der Waals surface area contributed by atoms with Gasteiger partial charge in [0.1, 0.15) is 0 Å². The Balaban J connectivity index is 1.95. The fraction of sp³-hybridized carbons (Fsp3) is 0.286. The summed E-state index contributed by atoms with van der Waals surface area (Å²) in [6, 6.07) is 17.2. The van der Waals surface area contributed by atoms with Crippen molar-refractivity contribution in [3.8, 4) is 0 Å². The molecule has 2 rings (SSSR count). The van der Waals surface area contributed by atoms with Crippen LogP contribution in [0.3, 0.4) is 0 Å². The molecule has 2 aromatic rings. The molecule has 0 fully saturated rings. The smallest absolute Gasteiger partial charge is 0.237 e. The van der Waals surface area contributed by atoms with Crippen LogP contribution in [-0.4, -0.2) is 32.3 Å². The highest BCUT2D eigenvalue weighted by Gasteiger charge is 2.15. The molecule has 1 amide bonds. The van der Waals surface area contributed by atoms with Gasteiger partial charge in [0.05, 0.1) is 6.54 Å². The lowest BCUT2D eigenvalue weighted by Crippen LogP contribution is -2.39. The number of amides is 1. The number of aryl methyl sites for hydroxylation is 1. The summed E-state index contributed by atoms with van der Waals surface area (Å²) in [5.41, 5.74) is 2.91. The molecule has 0 aromatic heterocycles. The third-order valence-corrected chi connectivity index (χ3v) is 5.05. The Bertz CT molecular complexity index is 860. The van der Waals surface area contributed by atoms with Crippen LogP contribution in [0.2, 0.25) is 0 Å². The number of nitrogens with one attached hydrogen (secondary N) is 1. The highest BCUT2D eigenvalue weighted by molar-refractivity contribution is 7.92. The highest BCUT2D eigenvalue weighted by atomic mass is 32.2. The van der Waals surface area contributed by atoms with E-state index in [0.29, 0.717) is 13.1 Å². The molecule has 0 saturated heterocycles. The topological polar surface area (TPSA) is 66.5 Å². The van der Waals surface area contributed by atoms with E-state index < -0.39 is 10.0 Å². The summed E-state index contributed by atoms with van der Waals surface area (Å²) < 4.78 is 26.7. The SMILES string of the molecule is CCCN(Cc1ccccc1)C(=O)CNS(=O)(=O)/C=C/c1ccc(C)cc1. The lowest BCUT2D eigenvalue weighted by atomic mass is 10.2.